The Morgan fingerprint density at radius 2 is 1.80 bits per heavy atom. The van der Waals surface area contributed by atoms with Crippen molar-refractivity contribution in [3.63, 3.8) is 0 Å². The van der Waals surface area contributed by atoms with Crippen LogP contribution in [0.2, 0.25) is 0 Å². The van der Waals surface area contributed by atoms with Crippen molar-refractivity contribution in [3.05, 3.63) is 39.0 Å². The zero-order valence-electron chi connectivity index (χ0n) is 23.9. The van der Waals surface area contributed by atoms with E-state index < -0.39 is 42.1 Å². The minimum atomic E-state index is -3.05. The highest BCUT2D eigenvalue weighted by Gasteiger charge is 2.31. The lowest BCUT2D eigenvalue weighted by Gasteiger charge is -2.27. The third-order valence-corrected chi connectivity index (χ3v) is 7.67. The van der Waals surface area contributed by atoms with E-state index in [-0.39, 0.29) is 13.0 Å². The Morgan fingerprint density at radius 1 is 1.12 bits per heavy atom. The van der Waals surface area contributed by atoms with E-state index in [0.29, 0.717) is 26.3 Å². The predicted molar refractivity (Wildman–Crippen MR) is 152 cm³/mol. The molecule has 40 heavy (non-hydrogen) atoms. The number of carbonyl (C=O) groups excluding carboxylic acids is 2. The van der Waals surface area contributed by atoms with Crippen molar-refractivity contribution >= 4 is 50.8 Å². The molecule has 9 nitrogen and oxygen atoms in total. The van der Waals surface area contributed by atoms with E-state index in [2.05, 4.69) is 15.5 Å². The molecule has 0 fully saturated rings. The van der Waals surface area contributed by atoms with Gasteiger partial charge in [0, 0.05) is 15.8 Å². The second-order valence-corrected chi connectivity index (χ2v) is 13.4. The highest BCUT2D eigenvalue weighted by atomic mass is 32.1. The summed E-state index contributed by atoms with van der Waals surface area (Å²) < 4.78 is 43.7. The highest BCUT2D eigenvalue weighted by molar-refractivity contribution is 7.20. The van der Waals surface area contributed by atoms with E-state index in [1.54, 1.807) is 55.4 Å². The van der Waals surface area contributed by atoms with Gasteiger partial charge in [-0.25, -0.2) is 9.59 Å². The first kappa shape index (κ1) is 31.6. The monoisotopic (exact) mass is 598 g/mol. The van der Waals surface area contributed by atoms with Gasteiger partial charge in [-0.2, -0.15) is 13.9 Å². The minimum absolute atomic E-state index is 0.0466. The number of nitrogens with one attached hydrogen (secondary N) is 1. The van der Waals surface area contributed by atoms with Crippen LogP contribution in [0.4, 0.5) is 24.1 Å². The molecule has 1 N–H and O–H groups in total. The van der Waals surface area contributed by atoms with Crippen molar-refractivity contribution in [2.75, 3.05) is 4.90 Å². The molecule has 0 saturated heterocycles. The number of carbonyl (C=O) groups is 2. The van der Waals surface area contributed by atoms with Crippen LogP contribution in [0, 0.1) is 6.92 Å². The molecule has 3 rings (SSSR count). The highest BCUT2D eigenvalue weighted by Crippen LogP contribution is 2.42. The van der Waals surface area contributed by atoms with Crippen LogP contribution in [0.3, 0.4) is 0 Å². The van der Waals surface area contributed by atoms with Crippen LogP contribution < -0.4 is 10.2 Å². The summed E-state index contributed by atoms with van der Waals surface area (Å²) in [6, 6.07) is 3.25. The number of anilines is 1. The maximum Gasteiger partial charge on any atom is 0.415 e. The molecule has 2 amide bonds. The average molecular weight is 599 g/mol. The summed E-state index contributed by atoms with van der Waals surface area (Å²) >= 11 is 2.69. The number of ether oxygens (including phenoxy) is 3. The molecule has 0 saturated carbocycles. The average Bonchev–Trinajstić information content (AvgIpc) is 3.42. The van der Waals surface area contributed by atoms with Crippen LogP contribution in [0.1, 0.15) is 76.3 Å². The molecule has 0 radical (unpaired) electrons. The second-order valence-electron chi connectivity index (χ2n) is 11.3. The number of hydrogen-bond acceptors (Lipinski definition) is 9. The zero-order valence-corrected chi connectivity index (χ0v) is 25.5. The number of nitrogens with zero attached hydrogens (tertiary/aromatic N) is 3. The molecule has 3 aromatic heterocycles. The van der Waals surface area contributed by atoms with E-state index in [1.165, 1.54) is 33.8 Å². The Morgan fingerprint density at radius 3 is 2.38 bits per heavy atom. The van der Waals surface area contributed by atoms with Gasteiger partial charge in [-0.1, -0.05) is 6.07 Å². The standard InChI is InChI=1S/C27H36F2N4O5S2/c1-15(31-24(34)37-26(3,4)5)12-19(36-23(28)29)21-16(2)20-22(40-21)18(13-30-32-20)33(14-17-10-9-11-39-17)25(35)38-27(6,7)8/h9-11,13,15,19,23H,12,14H2,1-8H3,(H,31,34)/t15-,19?/m0/s1. The Labute approximate surface area is 240 Å². The van der Waals surface area contributed by atoms with Crippen LogP contribution in [0.5, 0.6) is 0 Å². The fourth-order valence-electron chi connectivity index (χ4n) is 3.88. The first-order chi connectivity index (χ1) is 18.5. The topological polar surface area (TPSA) is 103 Å². The predicted octanol–water partition coefficient (Wildman–Crippen LogP) is 7.59. The Bertz CT molecular complexity index is 1300. The number of thiophene rings is 2. The SMILES string of the molecule is Cc1c(C(C[C@H](C)NC(=O)OC(C)(C)C)OC(F)F)sc2c(N(Cc3cccs3)C(=O)OC(C)(C)C)cnnc12. The Kier molecular flexibility index (Phi) is 10.1. The van der Waals surface area contributed by atoms with Gasteiger partial charge in [-0.3, -0.25) is 4.90 Å². The number of rotatable bonds is 9. The number of amides is 2. The second kappa shape index (κ2) is 12.7. The third kappa shape index (κ3) is 8.80. The van der Waals surface area contributed by atoms with Crippen LogP contribution in [0.15, 0.2) is 23.7 Å². The fourth-order valence-corrected chi connectivity index (χ4v) is 5.88. The van der Waals surface area contributed by atoms with Crippen molar-refractivity contribution in [2.45, 2.75) is 98.3 Å². The summed E-state index contributed by atoms with van der Waals surface area (Å²) in [5.41, 5.74) is 0.0671. The lowest BCUT2D eigenvalue weighted by Crippen LogP contribution is -2.38. The van der Waals surface area contributed by atoms with E-state index in [1.807, 2.05) is 17.5 Å². The maximum atomic E-state index is 13.5. The molecule has 0 aliphatic carbocycles. The van der Waals surface area contributed by atoms with E-state index in [0.717, 1.165) is 4.88 Å². The van der Waals surface area contributed by atoms with E-state index >= 15 is 0 Å². The zero-order chi connectivity index (χ0) is 29.8. The largest absolute Gasteiger partial charge is 0.444 e. The molecule has 13 heteroatoms. The van der Waals surface area contributed by atoms with Crippen LogP contribution in [-0.4, -0.2) is 46.2 Å². The van der Waals surface area contributed by atoms with Gasteiger partial charge in [0.15, 0.2) is 0 Å². The number of hydrogen-bond donors (Lipinski definition) is 1. The Balaban J connectivity index is 2.00. The Hall–Kier alpha value is -2.90. The van der Waals surface area contributed by atoms with Gasteiger partial charge in [-0.05, 0) is 78.8 Å². The van der Waals surface area contributed by atoms with Gasteiger partial charge in [0.1, 0.15) is 22.8 Å². The van der Waals surface area contributed by atoms with Gasteiger partial charge in [0.05, 0.1) is 23.1 Å². The first-order valence-corrected chi connectivity index (χ1v) is 14.4. The number of aromatic nitrogens is 2. The molecule has 0 spiro atoms. The summed E-state index contributed by atoms with van der Waals surface area (Å²) in [6.07, 6.45) is -0.776. The molecule has 0 aliphatic rings. The quantitative estimate of drug-likeness (QED) is 0.271. The van der Waals surface area contributed by atoms with Gasteiger partial charge in [-0.15, -0.1) is 27.8 Å². The third-order valence-electron chi connectivity index (χ3n) is 5.41. The van der Waals surface area contributed by atoms with Gasteiger partial charge in [0.2, 0.25) is 0 Å². The van der Waals surface area contributed by atoms with Crippen molar-refractivity contribution < 1.29 is 32.6 Å². The van der Waals surface area contributed by atoms with E-state index in [4.69, 9.17) is 14.2 Å². The fraction of sp³-hybridized carbons (Fsp3) is 0.556. The van der Waals surface area contributed by atoms with Crippen LogP contribution in [0.25, 0.3) is 10.2 Å². The summed E-state index contributed by atoms with van der Waals surface area (Å²) in [4.78, 5) is 28.5. The smallest absolute Gasteiger partial charge is 0.415 e. The molecule has 0 aromatic carbocycles. The summed E-state index contributed by atoms with van der Waals surface area (Å²) in [7, 11) is 0. The molecule has 1 unspecified atom stereocenters. The molecule has 3 aromatic rings. The molecule has 3 heterocycles. The van der Waals surface area contributed by atoms with Crippen LogP contribution >= 0.6 is 22.7 Å². The summed E-state index contributed by atoms with van der Waals surface area (Å²) in [5, 5.41) is 13.0. The van der Waals surface area contributed by atoms with Crippen molar-refractivity contribution in [3.8, 4) is 0 Å². The molecule has 0 bridgehead atoms. The molecule has 0 aliphatic heterocycles. The van der Waals surface area contributed by atoms with Crippen LogP contribution in [-0.2, 0) is 20.8 Å². The van der Waals surface area contributed by atoms with Gasteiger partial charge in [0.25, 0.3) is 0 Å². The molecular weight excluding hydrogens is 562 g/mol. The number of alkyl carbamates (subject to hydrolysis) is 1. The van der Waals surface area contributed by atoms with E-state index in [9.17, 15) is 18.4 Å². The molecular formula is C27H36F2N4O5S2. The summed E-state index contributed by atoms with van der Waals surface area (Å²) in [6.45, 7) is 11.2. The number of halogens is 2. The normalized spacial score (nSPS) is 13.8. The number of alkyl halides is 2. The summed E-state index contributed by atoms with van der Waals surface area (Å²) in [5.74, 6) is 0. The van der Waals surface area contributed by atoms with Crippen molar-refractivity contribution in [1.29, 1.82) is 0 Å². The number of aryl methyl sites for hydroxylation is 1. The minimum Gasteiger partial charge on any atom is -0.444 e. The lowest BCUT2D eigenvalue weighted by molar-refractivity contribution is -0.166. The van der Waals surface area contributed by atoms with Crippen molar-refractivity contribution in [1.82, 2.24) is 15.5 Å². The molecule has 220 valence electrons. The van der Waals surface area contributed by atoms with Gasteiger partial charge >= 0.3 is 18.8 Å². The van der Waals surface area contributed by atoms with Gasteiger partial charge < -0.3 is 19.5 Å². The first-order valence-electron chi connectivity index (χ1n) is 12.7. The van der Waals surface area contributed by atoms with Crippen molar-refractivity contribution in [2.24, 2.45) is 0 Å². The lowest BCUT2D eigenvalue weighted by atomic mass is 10.1. The molecule has 2 atom stereocenters. The maximum absolute atomic E-state index is 13.5. The number of fused-ring (bicyclic) bond motifs is 1.